The second kappa shape index (κ2) is 7.12. The first-order valence-electron chi connectivity index (χ1n) is 7.62. The predicted octanol–water partition coefficient (Wildman–Crippen LogP) is 1.76. The van der Waals surface area contributed by atoms with Crippen molar-refractivity contribution in [3.63, 3.8) is 0 Å². The van der Waals surface area contributed by atoms with Crippen molar-refractivity contribution in [3.8, 4) is 0 Å². The van der Waals surface area contributed by atoms with Crippen LogP contribution in [0.2, 0.25) is 0 Å². The first kappa shape index (κ1) is 17.5. The van der Waals surface area contributed by atoms with E-state index in [2.05, 4.69) is 0 Å². The van der Waals surface area contributed by atoms with Crippen LogP contribution in [-0.4, -0.2) is 59.4 Å². The number of nitrogens with zero attached hydrogens (tertiary/aromatic N) is 2. The molecule has 6 nitrogen and oxygen atoms in total. The number of hydrogen-bond acceptors (Lipinski definition) is 4. The van der Waals surface area contributed by atoms with Crippen LogP contribution in [0.25, 0.3) is 0 Å². The summed E-state index contributed by atoms with van der Waals surface area (Å²) in [6.45, 7) is 4.77. The zero-order valence-corrected chi connectivity index (χ0v) is 14.5. The van der Waals surface area contributed by atoms with E-state index in [0.29, 0.717) is 31.5 Å². The van der Waals surface area contributed by atoms with Crippen LogP contribution in [0.1, 0.15) is 33.6 Å². The molecule has 0 atom stereocenters. The number of likely N-dealkylation sites (N-methyl/N-ethyl adjacent to an activating group) is 1. The Labute approximate surface area is 139 Å². The number of rotatable bonds is 4. The summed E-state index contributed by atoms with van der Waals surface area (Å²) in [5.41, 5.74) is 1.61. The van der Waals surface area contributed by atoms with Crippen molar-refractivity contribution in [1.29, 1.82) is 0 Å². The average molecular weight is 338 g/mol. The van der Waals surface area contributed by atoms with Crippen molar-refractivity contribution in [1.82, 2.24) is 9.80 Å². The number of carboxylic acids is 1. The normalized spacial score (nSPS) is 15.5. The predicted molar refractivity (Wildman–Crippen MR) is 87.7 cm³/mol. The number of likely N-dealkylation sites (tertiary alicyclic amines) is 1. The molecule has 0 spiro atoms. The summed E-state index contributed by atoms with van der Waals surface area (Å²) in [5.74, 6) is -1.45. The van der Waals surface area contributed by atoms with Crippen molar-refractivity contribution >= 4 is 29.1 Å². The molecule has 0 aliphatic carbocycles. The highest BCUT2D eigenvalue weighted by atomic mass is 32.1. The van der Waals surface area contributed by atoms with Gasteiger partial charge in [0.2, 0.25) is 5.91 Å². The fourth-order valence-corrected chi connectivity index (χ4v) is 3.54. The van der Waals surface area contributed by atoms with E-state index in [4.69, 9.17) is 5.11 Å². The molecule has 2 amide bonds. The summed E-state index contributed by atoms with van der Waals surface area (Å²) >= 11 is 1.53. The van der Waals surface area contributed by atoms with Gasteiger partial charge >= 0.3 is 5.97 Å². The standard InChI is InChI=1S/C16H22N2O4S/c1-10-11(2)23-9-13(10)15(20)17(3)8-14(19)18-6-4-12(5-7-18)16(21)22/h9,12H,4-8H2,1-3H3,(H,21,22). The van der Waals surface area contributed by atoms with E-state index in [0.717, 1.165) is 10.4 Å². The Morgan fingerprint density at radius 2 is 1.91 bits per heavy atom. The highest BCUT2D eigenvalue weighted by molar-refractivity contribution is 7.10. The average Bonchev–Trinajstić information content (AvgIpc) is 2.86. The highest BCUT2D eigenvalue weighted by Crippen LogP contribution is 2.22. The van der Waals surface area contributed by atoms with Crippen LogP contribution < -0.4 is 0 Å². The summed E-state index contributed by atoms with van der Waals surface area (Å²) in [6.07, 6.45) is 0.948. The van der Waals surface area contributed by atoms with Crippen LogP contribution >= 0.6 is 11.3 Å². The molecular formula is C16H22N2O4S. The third-order valence-corrected chi connectivity index (χ3v) is 5.45. The van der Waals surface area contributed by atoms with Gasteiger partial charge in [-0.2, -0.15) is 0 Å². The molecular weight excluding hydrogens is 316 g/mol. The van der Waals surface area contributed by atoms with Gasteiger partial charge in [-0.15, -0.1) is 11.3 Å². The lowest BCUT2D eigenvalue weighted by Gasteiger charge is -2.31. The number of piperidine rings is 1. The molecule has 1 N–H and O–H groups in total. The summed E-state index contributed by atoms with van der Waals surface area (Å²) in [5, 5.41) is 10.8. The largest absolute Gasteiger partial charge is 0.481 e. The van der Waals surface area contributed by atoms with Crippen molar-refractivity contribution in [2.24, 2.45) is 5.92 Å². The molecule has 0 aromatic carbocycles. The minimum Gasteiger partial charge on any atom is -0.481 e. The van der Waals surface area contributed by atoms with E-state index in [1.54, 1.807) is 11.9 Å². The summed E-state index contributed by atoms with van der Waals surface area (Å²) in [6, 6.07) is 0. The van der Waals surface area contributed by atoms with Crippen LogP contribution in [-0.2, 0) is 9.59 Å². The maximum absolute atomic E-state index is 12.4. The maximum atomic E-state index is 12.4. The van der Waals surface area contributed by atoms with E-state index in [9.17, 15) is 14.4 Å². The number of carbonyl (C=O) groups is 3. The molecule has 1 fully saturated rings. The summed E-state index contributed by atoms with van der Waals surface area (Å²) < 4.78 is 0. The third kappa shape index (κ3) is 3.90. The van der Waals surface area contributed by atoms with Crippen LogP contribution in [0, 0.1) is 19.8 Å². The van der Waals surface area contributed by atoms with Gasteiger partial charge < -0.3 is 14.9 Å². The Balaban J connectivity index is 1.91. The molecule has 1 aromatic heterocycles. The number of hydrogen-bond donors (Lipinski definition) is 1. The summed E-state index contributed by atoms with van der Waals surface area (Å²) in [7, 11) is 1.62. The molecule has 1 saturated heterocycles. The Morgan fingerprint density at radius 3 is 2.39 bits per heavy atom. The van der Waals surface area contributed by atoms with E-state index in [-0.39, 0.29) is 24.3 Å². The minimum absolute atomic E-state index is 0.0188. The molecule has 1 aliphatic rings. The van der Waals surface area contributed by atoms with E-state index in [1.165, 1.54) is 16.2 Å². The van der Waals surface area contributed by atoms with Crippen LogP contribution in [0.3, 0.4) is 0 Å². The molecule has 0 radical (unpaired) electrons. The smallest absolute Gasteiger partial charge is 0.306 e. The Kier molecular flexibility index (Phi) is 5.41. The Morgan fingerprint density at radius 1 is 1.30 bits per heavy atom. The molecule has 7 heteroatoms. The zero-order valence-electron chi connectivity index (χ0n) is 13.7. The second-order valence-corrected chi connectivity index (χ2v) is 7.07. The van der Waals surface area contributed by atoms with Gasteiger partial charge in [0.25, 0.3) is 5.91 Å². The topological polar surface area (TPSA) is 77.9 Å². The van der Waals surface area contributed by atoms with Crippen LogP contribution in [0.15, 0.2) is 5.38 Å². The molecule has 1 aliphatic heterocycles. The number of aliphatic carboxylic acids is 1. The molecule has 1 aromatic rings. The second-order valence-electron chi connectivity index (χ2n) is 5.99. The van der Waals surface area contributed by atoms with Crippen molar-refractivity contribution < 1.29 is 19.5 Å². The van der Waals surface area contributed by atoms with Crippen molar-refractivity contribution in [2.75, 3.05) is 26.7 Å². The quantitative estimate of drug-likeness (QED) is 0.907. The number of amides is 2. The van der Waals surface area contributed by atoms with Crippen LogP contribution in [0.4, 0.5) is 0 Å². The van der Waals surface area contributed by atoms with Gasteiger partial charge in [0.05, 0.1) is 18.0 Å². The molecule has 0 bridgehead atoms. The van der Waals surface area contributed by atoms with E-state index in [1.807, 2.05) is 19.2 Å². The lowest BCUT2D eigenvalue weighted by Crippen LogP contribution is -2.45. The molecule has 0 saturated carbocycles. The number of thiophene rings is 1. The monoisotopic (exact) mass is 338 g/mol. The van der Waals surface area contributed by atoms with Gasteiger partial charge in [-0.3, -0.25) is 14.4 Å². The fraction of sp³-hybridized carbons (Fsp3) is 0.562. The molecule has 2 heterocycles. The maximum Gasteiger partial charge on any atom is 0.306 e. The van der Waals surface area contributed by atoms with E-state index >= 15 is 0 Å². The zero-order chi connectivity index (χ0) is 17.1. The SMILES string of the molecule is Cc1scc(C(=O)N(C)CC(=O)N2CCC(C(=O)O)CC2)c1C. The summed E-state index contributed by atoms with van der Waals surface area (Å²) in [4.78, 5) is 39.8. The van der Waals surface area contributed by atoms with Gasteiger partial charge in [0.1, 0.15) is 0 Å². The van der Waals surface area contributed by atoms with Gasteiger partial charge in [-0.1, -0.05) is 0 Å². The lowest BCUT2D eigenvalue weighted by molar-refractivity contribution is -0.145. The first-order valence-corrected chi connectivity index (χ1v) is 8.50. The van der Waals surface area contributed by atoms with Gasteiger partial charge in [0, 0.05) is 30.4 Å². The Bertz CT molecular complexity index is 618. The van der Waals surface area contributed by atoms with E-state index < -0.39 is 5.97 Å². The van der Waals surface area contributed by atoms with Crippen molar-refractivity contribution in [3.05, 3.63) is 21.4 Å². The lowest BCUT2D eigenvalue weighted by atomic mass is 9.97. The van der Waals surface area contributed by atoms with Gasteiger partial charge in [0.15, 0.2) is 0 Å². The molecule has 126 valence electrons. The Hall–Kier alpha value is -1.89. The fourth-order valence-electron chi connectivity index (χ4n) is 2.68. The minimum atomic E-state index is -0.798. The molecule has 2 rings (SSSR count). The number of carbonyl (C=O) groups excluding carboxylic acids is 2. The highest BCUT2D eigenvalue weighted by Gasteiger charge is 2.28. The van der Waals surface area contributed by atoms with Crippen molar-refractivity contribution in [2.45, 2.75) is 26.7 Å². The molecule has 23 heavy (non-hydrogen) atoms. The molecule has 0 unspecified atom stereocenters. The van der Waals surface area contributed by atoms with Crippen LogP contribution in [0.5, 0.6) is 0 Å². The number of aryl methyl sites for hydroxylation is 1. The van der Waals surface area contributed by atoms with Gasteiger partial charge in [-0.05, 0) is 32.3 Å². The first-order chi connectivity index (χ1) is 10.8. The third-order valence-electron chi connectivity index (χ3n) is 4.43. The number of carboxylic acid groups (broad SMARTS) is 1. The van der Waals surface area contributed by atoms with Gasteiger partial charge in [-0.25, -0.2) is 0 Å².